The molecule has 1 atom stereocenters. The number of amides is 1. The van der Waals surface area contributed by atoms with E-state index in [0.29, 0.717) is 25.1 Å². The number of methoxy groups -OCH3 is 1. The minimum atomic E-state index is -3.66. The van der Waals surface area contributed by atoms with Crippen molar-refractivity contribution < 1.29 is 17.9 Å². The smallest absolute Gasteiger partial charge is 0.243 e. The Bertz CT molecular complexity index is 1150. The molecule has 1 aliphatic heterocycles. The van der Waals surface area contributed by atoms with Gasteiger partial charge in [-0.1, -0.05) is 36.4 Å². The van der Waals surface area contributed by atoms with Crippen molar-refractivity contribution in [2.75, 3.05) is 25.5 Å². The number of nitrogens with one attached hydrogen (secondary N) is 1. The Kier molecular flexibility index (Phi) is 5.74. The normalized spacial score (nSPS) is 17.6. The largest absolute Gasteiger partial charge is 0.497 e. The molecule has 7 heteroatoms. The number of anilines is 1. The summed E-state index contributed by atoms with van der Waals surface area (Å²) in [5, 5.41) is 5.01. The van der Waals surface area contributed by atoms with E-state index in [1.165, 1.54) is 23.5 Å². The quantitative estimate of drug-likeness (QED) is 0.674. The molecule has 0 aromatic heterocycles. The van der Waals surface area contributed by atoms with Gasteiger partial charge < -0.3 is 10.1 Å². The third kappa shape index (κ3) is 4.04. The van der Waals surface area contributed by atoms with Gasteiger partial charge in [-0.2, -0.15) is 4.31 Å². The van der Waals surface area contributed by atoms with Crippen LogP contribution >= 0.6 is 0 Å². The lowest BCUT2D eigenvalue weighted by Gasteiger charge is -2.31. The van der Waals surface area contributed by atoms with Crippen LogP contribution in [0.4, 0.5) is 5.69 Å². The van der Waals surface area contributed by atoms with E-state index in [2.05, 4.69) is 5.32 Å². The Morgan fingerprint density at radius 3 is 2.53 bits per heavy atom. The second kappa shape index (κ2) is 8.45. The van der Waals surface area contributed by atoms with E-state index in [9.17, 15) is 13.2 Å². The monoisotopic (exact) mass is 424 g/mol. The van der Waals surface area contributed by atoms with E-state index in [-0.39, 0.29) is 17.3 Å². The van der Waals surface area contributed by atoms with Crippen molar-refractivity contribution in [1.29, 1.82) is 0 Å². The molecule has 1 heterocycles. The summed E-state index contributed by atoms with van der Waals surface area (Å²) in [5.41, 5.74) is 0.744. The number of nitrogens with zero attached hydrogens (tertiary/aromatic N) is 1. The van der Waals surface area contributed by atoms with E-state index in [4.69, 9.17) is 4.74 Å². The molecule has 156 valence electrons. The van der Waals surface area contributed by atoms with Crippen LogP contribution in [0.25, 0.3) is 10.8 Å². The fourth-order valence-electron chi connectivity index (χ4n) is 3.84. The van der Waals surface area contributed by atoms with E-state index in [1.54, 1.807) is 12.1 Å². The van der Waals surface area contributed by atoms with Gasteiger partial charge in [0.15, 0.2) is 0 Å². The first-order valence-electron chi connectivity index (χ1n) is 9.92. The maximum absolute atomic E-state index is 13.0. The third-order valence-corrected chi connectivity index (χ3v) is 7.38. The molecule has 30 heavy (non-hydrogen) atoms. The Hall–Kier alpha value is -2.90. The molecule has 1 aliphatic rings. The number of fused-ring (bicyclic) bond motifs is 1. The van der Waals surface area contributed by atoms with Crippen LogP contribution in [0.5, 0.6) is 5.75 Å². The molecule has 1 N–H and O–H groups in total. The fourth-order valence-corrected chi connectivity index (χ4v) is 5.36. The topological polar surface area (TPSA) is 75.7 Å². The minimum Gasteiger partial charge on any atom is -0.497 e. The average molecular weight is 425 g/mol. The molecule has 0 saturated carbocycles. The Labute approximate surface area is 176 Å². The van der Waals surface area contributed by atoms with Crippen molar-refractivity contribution in [3.8, 4) is 5.75 Å². The molecule has 6 nitrogen and oxygen atoms in total. The Morgan fingerprint density at radius 2 is 1.77 bits per heavy atom. The van der Waals surface area contributed by atoms with Gasteiger partial charge in [0.1, 0.15) is 5.75 Å². The molecule has 0 spiro atoms. The molecule has 3 aromatic rings. The first-order chi connectivity index (χ1) is 14.5. The van der Waals surface area contributed by atoms with E-state index in [1.807, 2.05) is 42.5 Å². The summed E-state index contributed by atoms with van der Waals surface area (Å²) in [4.78, 5) is 13.2. The fraction of sp³-hybridized carbons (Fsp3) is 0.261. The molecule has 1 saturated heterocycles. The number of sulfonamides is 1. The number of hydrogen-bond donors (Lipinski definition) is 1. The number of hydrogen-bond acceptors (Lipinski definition) is 4. The summed E-state index contributed by atoms with van der Waals surface area (Å²) >= 11 is 0. The van der Waals surface area contributed by atoms with Gasteiger partial charge in [0, 0.05) is 24.2 Å². The molecule has 1 fully saturated rings. The maximum Gasteiger partial charge on any atom is 0.243 e. The van der Waals surface area contributed by atoms with Gasteiger partial charge in [-0.3, -0.25) is 4.79 Å². The predicted octanol–water partition coefficient (Wildman–Crippen LogP) is 3.89. The van der Waals surface area contributed by atoms with Gasteiger partial charge in [0.2, 0.25) is 15.9 Å². The van der Waals surface area contributed by atoms with Crippen LogP contribution in [0.3, 0.4) is 0 Å². The van der Waals surface area contributed by atoms with E-state index < -0.39 is 15.9 Å². The van der Waals surface area contributed by atoms with Crippen molar-refractivity contribution in [1.82, 2.24) is 4.31 Å². The second-order valence-electron chi connectivity index (χ2n) is 7.39. The number of piperidine rings is 1. The highest BCUT2D eigenvalue weighted by molar-refractivity contribution is 7.89. The van der Waals surface area contributed by atoms with Crippen molar-refractivity contribution in [2.24, 2.45) is 5.92 Å². The van der Waals surface area contributed by atoms with Gasteiger partial charge in [0.25, 0.3) is 0 Å². The minimum absolute atomic E-state index is 0.152. The van der Waals surface area contributed by atoms with Gasteiger partial charge in [-0.15, -0.1) is 0 Å². The molecule has 0 radical (unpaired) electrons. The van der Waals surface area contributed by atoms with Crippen molar-refractivity contribution in [2.45, 2.75) is 17.7 Å². The van der Waals surface area contributed by atoms with Crippen LogP contribution in [0.15, 0.2) is 71.6 Å². The summed E-state index contributed by atoms with van der Waals surface area (Å²) in [7, 11) is -2.13. The first-order valence-corrected chi connectivity index (χ1v) is 11.4. The Balaban J connectivity index is 1.51. The van der Waals surface area contributed by atoms with Gasteiger partial charge in [-0.05, 0) is 48.6 Å². The van der Waals surface area contributed by atoms with E-state index in [0.717, 1.165) is 16.5 Å². The lowest BCUT2D eigenvalue weighted by Crippen LogP contribution is -2.43. The zero-order valence-electron chi connectivity index (χ0n) is 16.7. The molecule has 0 bridgehead atoms. The van der Waals surface area contributed by atoms with Gasteiger partial charge in [0.05, 0.1) is 17.9 Å². The molecular weight excluding hydrogens is 400 g/mol. The first kappa shape index (κ1) is 20.4. The molecule has 4 rings (SSSR count). The molecule has 1 amide bonds. The summed E-state index contributed by atoms with van der Waals surface area (Å²) in [5.74, 6) is 0.0478. The second-order valence-corrected chi connectivity index (χ2v) is 9.33. The number of carbonyl (C=O) groups excluding carboxylic acids is 1. The maximum atomic E-state index is 13.0. The lowest BCUT2D eigenvalue weighted by molar-refractivity contribution is -0.120. The molecular formula is C23H24N2O4S. The van der Waals surface area contributed by atoms with Crippen LogP contribution < -0.4 is 10.1 Å². The van der Waals surface area contributed by atoms with Crippen LogP contribution in [-0.4, -0.2) is 38.8 Å². The number of rotatable bonds is 5. The zero-order chi connectivity index (χ0) is 21.1. The average Bonchev–Trinajstić information content (AvgIpc) is 2.79. The van der Waals surface area contributed by atoms with Gasteiger partial charge >= 0.3 is 0 Å². The van der Waals surface area contributed by atoms with Crippen LogP contribution in [0.1, 0.15) is 12.8 Å². The summed E-state index contributed by atoms with van der Waals surface area (Å²) in [6, 6.07) is 19.9. The molecule has 0 unspecified atom stereocenters. The van der Waals surface area contributed by atoms with Gasteiger partial charge in [-0.25, -0.2) is 8.42 Å². The highest BCUT2D eigenvalue weighted by Crippen LogP contribution is 2.28. The highest BCUT2D eigenvalue weighted by atomic mass is 32.2. The summed E-state index contributed by atoms with van der Waals surface area (Å²) in [6.45, 7) is 0.581. The van der Waals surface area contributed by atoms with E-state index >= 15 is 0 Å². The van der Waals surface area contributed by atoms with Crippen molar-refractivity contribution >= 4 is 32.4 Å². The third-order valence-electron chi connectivity index (χ3n) is 5.50. The lowest BCUT2D eigenvalue weighted by atomic mass is 9.98. The summed E-state index contributed by atoms with van der Waals surface area (Å²) < 4.78 is 32.6. The number of ether oxygens (including phenoxy) is 1. The van der Waals surface area contributed by atoms with Crippen molar-refractivity contribution in [3.05, 3.63) is 66.7 Å². The number of benzene rings is 3. The Morgan fingerprint density at radius 1 is 1.03 bits per heavy atom. The van der Waals surface area contributed by atoms with Crippen molar-refractivity contribution in [3.63, 3.8) is 0 Å². The molecule has 0 aliphatic carbocycles. The molecule has 3 aromatic carbocycles. The number of carbonyl (C=O) groups is 1. The standard InChI is InChI=1S/C23H24N2O4S/c1-29-19-11-13-20(14-12-19)30(27,28)25-15-5-8-18(16-25)23(26)24-22-10-4-7-17-6-2-3-9-21(17)22/h2-4,6-7,9-14,18H,5,8,15-16H2,1H3,(H,24,26)/t18-/m0/s1. The summed E-state index contributed by atoms with van der Waals surface area (Å²) in [6.07, 6.45) is 1.30. The zero-order valence-corrected chi connectivity index (χ0v) is 17.6. The van der Waals surface area contributed by atoms with Crippen LogP contribution in [0.2, 0.25) is 0 Å². The highest BCUT2D eigenvalue weighted by Gasteiger charge is 2.33. The predicted molar refractivity (Wildman–Crippen MR) is 117 cm³/mol. The SMILES string of the molecule is COc1ccc(S(=O)(=O)N2CCC[C@H](C(=O)Nc3cccc4ccccc34)C2)cc1. The van der Waals surface area contributed by atoms with Crippen LogP contribution in [-0.2, 0) is 14.8 Å². The van der Waals surface area contributed by atoms with Crippen LogP contribution in [0, 0.1) is 5.92 Å².